The van der Waals surface area contributed by atoms with Gasteiger partial charge in [-0.3, -0.25) is 0 Å². The van der Waals surface area contributed by atoms with Crippen molar-refractivity contribution >= 4 is 17.4 Å². The van der Waals surface area contributed by atoms with Gasteiger partial charge in [0.1, 0.15) is 0 Å². The minimum Gasteiger partial charge on any atom is -0.372 e. The molecule has 0 aromatic heterocycles. The third-order valence-corrected chi connectivity index (χ3v) is 4.62. The highest BCUT2D eigenvalue weighted by atomic mass is 16.2. The summed E-state index contributed by atoms with van der Waals surface area (Å²) in [5.41, 5.74) is 3.38. The van der Waals surface area contributed by atoms with Gasteiger partial charge >= 0.3 is 6.03 Å². The molecule has 1 heterocycles. The molecule has 2 aromatic rings. The van der Waals surface area contributed by atoms with E-state index in [9.17, 15) is 4.79 Å². The maximum absolute atomic E-state index is 12.0. The Balaban J connectivity index is 1.38. The highest BCUT2D eigenvalue weighted by Crippen LogP contribution is 2.21. The third kappa shape index (κ3) is 5.52. The molecule has 0 bridgehead atoms. The van der Waals surface area contributed by atoms with E-state index in [2.05, 4.69) is 39.8 Å². The molecule has 25 heavy (non-hydrogen) atoms. The molecule has 0 radical (unpaired) electrons. The van der Waals surface area contributed by atoms with Crippen LogP contribution in [0.25, 0.3) is 0 Å². The lowest BCUT2D eigenvalue weighted by atomic mass is 10.1. The van der Waals surface area contributed by atoms with Crippen LogP contribution in [0.15, 0.2) is 54.6 Å². The molecule has 4 heteroatoms. The minimum atomic E-state index is -0.140. The molecule has 3 rings (SSSR count). The zero-order valence-electron chi connectivity index (χ0n) is 14.7. The monoisotopic (exact) mass is 337 g/mol. The number of amides is 2. The number of hydrogen-bond acceptors (Lipinski definition) is 2. The largest absolute Gasteiger partial charge is 0.372 e. The first-order chi connectivity index (χ1) is 12.3. The van der Waals surface area contributed by atoms with E-state index < -0.39 is 0 Å². The highest BCUT2D eigenvalue weighted by Gasteiger charge is 2.10. The molecule has 0 aliphatic carbocycles. The lowest BCUT2D eigenvalue weighted by Gasteiger charge is -2.28. The summed E-state index contributed by atoms with van der Waals surface area (Å²) in [4.78, 5) is 14.4. The smallest absolute Gasteiger partial charge is 0.319 e. The average molecular weight is 337 g/mol. The molecule has 0 unspecified atom stereocenters. The molecule has 1 aliphatic rings. The number of anilines is 2. The van der Waals surface area contributed by atoms with Crippen LogP contribution in [0.1, 0.15) is 31.2 Å². The maximum atomic E-state index is 12.0. The van der Waals surface area contributed by atoms with Crippen LogP contribution >= 0.6 is 0 Å². The van der Waals surface area contributed by atoms with Crippen LogP contribution < -0.4 is 15.5 Å². The van der Waals surface area contributed by atoms with Crippen LogP contribution in [-0.2, 0) is 6.42 Å². The second-order valence-electron chi connectivity index (χ2n) is 6.56. The highest BCUT2D eigenvalue weighted by molar-refractivity contribution is 5.89. The van der Waals surface area contributed by atoms with Gasteiger partial charge in [-0.2, -0.15) is 0 Å². The van der Waals surface area contributed by atoms with E-state index in [1.807, 2.05) is 30.3 Å². The Morgan fingerprint density at radius 2 is 1.64 bits per heavy atom. The molecule has 0 saturated carbocycles. The van der Waals surface area contributed by atoms with Gasteiger partial charge in [0, 0.05) is 31.0 Å². The molecular formula is C21H27N3O. The van der Waals surface area contributed by atoms with Gasteiger partial charge in [-0.25, -0.2) is 4.79 Å². The van der Waals surface area contributed by atoms with Gasteiger partial charge in [-0.15, -0.1) is 0 Å². The lowest BCUT2D eigenvalue weighted by Crippen LogP contribution is -2.30. The van der Waals surface area contributed by atoms with Crippen molar-refractivity contribution in [2.75, 3.05) is 29.9 Å². The Labute approximate surface area is 150 Å². The Kier molecular flexibility index (Phi) is 6.32. The van der Waals surface area contributed by atoms with Gasteiger partial charge in [0.25, 0.3) is 0 Å². The van der Waals surface area contributed by atoms with Gasteiger partial charge in [0.2, 0.25) is 0 Å². The molecule has 1 saturated heterocycles. The van der Waals surface area contributed by atoms with Crippen molar-refractivity contribution in [2.24, 2.45) is 0 Å². The van der Waals surface area contributed by atoms with E-state index >= 15 is 0 Å². The number of urea groups is 1. The van der Waals surface area contributed by atoms with Crippen molar-refractivity contribution in [2.45, 2.75) is 32.1 Å². The second-order valence-corrected chi connectivity index (χ2v) is 6.56. The molecule has 1 aliphatic heterocycles. The van der Waals surface area contributed by atoms with E-state index in [1.165, 1.54) is 30.5 Å². The van der Waals surface area contributed by atoms with Crippen LogP contribution in [-0.4, -0.2) is 25.7 Å². The number of benzene rings is 2. The second kappa shape index (κ2) is 9.11. The van der Waals surface area contributed by atoms with E-state index in [4.69, 9.17) is 0 Å². The molecule has 4 nitrogen and oxygen atoms in total. The summed E-state index contributed by atoms with van der Waals surface area (Å²) in [7, 11) is 0. The number of aryl methyl sites for hydroxylation is 1. The van der Waals surface area contributed by atoms with Gasteiger partial charge in [-0.1, -0.05) is 30.3 Å². The number of piperidine rings is 1. The topological polar surface area (TPSA) is 44.4 Å². The number of rotatable bonds is 6. The van der Waals surface area contributed by atoms with Crippen molar-refractivity contribution in [1.29, 1.82) is 0 Å². The number of nitrogens with one attached hydrogen (secondary N) is 2. The van der Waals surface area contributed by atoms with Crippen molar-refractivity contribution in [1.82, 2.24) is 5.32 Å². The molecule has 2 aromatic carbocycles. The van der Waals surface area contributed by atoms with Crippen LogP contribution in [0, 0.1) is 0 Å². The first-order valence-electron chi connectivity index (χ1n) is 9.25. The summed E-state index contributed by atoms with van der Waals surface area (Å²) < 4.78 is 0. The van der Waals surface area contributed by atoms with Crippen molar-refractivity contribution < 1.29 is 4.79 Å². The summed E-state index contributed by atoms with van der Waals surface area (Å²) in [5.74, 6) is 0. The van der Waals surface area contributed by atoms with Crippen LogP contribution in [0.2, 0.25) is 0 Å². The summed E-state index contributed by atoms with van der Waals surface area (Å²) in [6.45, 7) is 2.94. The maximum Gasteiger partial charge on any atom is 0.319 e. The Hall–Kier alpha value is -2.49. The van der Waals surface area contributed by atoms with Gasteiger partial charge in [0.05, 0.1) is 0 Å². The van der Waals surface area contributed by atoms with Crippen molar-refractivity contribution in [3.63, 3.8) is 0 Å². The quantitative estimate of drug-likeness (QED) is 0.766. The zero-order chi connectivity index (χ0) is 17.3. The van der Waals surface area contributed by atoms with Crippen LogP contribution in [0.5, 0.6) is 0 Å². The number of nitrogens with zero attached hydrogens (tertiary/aromatic N) is 1. The summed E-state index contributed by atoms with van der Waals surface area (Å²) in [5, 5.41) is 5.82. The van der Waals surface area contributed by atoms with Gasteiger partial charge in [0.15, 0.2) is 0 Å². The summed E-state index contributed by atoms with van der Waals surface area (Å²) >= 11 is 0. The number of carbonyl (C=O) groups excluding carboxylic acids is 1. The lowest BCUT2D eigenvalue weighted by molar-refractivity contribution is 0.252. The fourth-order valence-electron chi connectivity index (χ4n) is 3.22. The first kappa shape index (κ1) is 17.3. The van der Waals surface area contributed by atoms with E-state index in [-0.39, 0.29) is 6.03 Å². The predicted molar refractivity (Wildman–Crippen MR) is 104 cm³/mol. The zero-order valence-corrected chi connectivity index (χ0v) is 14.7. The molecule has 0 spiro atoms. The molecule has 132 valence electrons. The Morgan fingerprint density at radius 1 is 0.920 bits per heavy atom. The molecule has 0 atom stereocenters. The van der Waals surface area contributed by atoms with Gasteiger partial charge in [-0.05, 0) is 61.9 Å². The molecule has 2 N–H and O–H groups in total. The molecule has 1 fully saturated rings. The average Bonchev–Trinajstić information content (AvgIpc) is 2.67. The fourth-order valence-corrected chi connectivity index (χ4v) is 3.22. The standard InChI is InChI=1S/C21H27N3O/c25-21(22-15-7-10-18-8-3-1-4-9-18)23-19-11-13-20(14-12-19)24-16-5-2-6-17-24/h1,3-4,8-9,11-14H,2,5-7,10,15-17H2,(H2,22,23,25). The van der Waals surface area contributed by atoms with E-state index in [1.54, 1.807) is 0 Å². The first-order valence-corrected chi connectivity index (χ1v) is 9.25. The van der Waals surface area contributed by atoms with Gasteiger partial charge < -0.3 is 15.5 Å². The van der Waals surface area contributed by atoms with Crippen LogP contribution in [0.3, 0.4) is 0 Å². The fraction of sp³-hybridized carbons (Fsp3) is 0.381. The predicted octanol–water partition coefficient (Wildman–Crippen LogP) is 4.43. The number of carbonyl (C=O) groups is 1. The van der Waals surface area contributed by atoms with E-state index in [0.29, 0.717) is 6.54 Å². The van der Waals surface area contributed by atoms with Crippen molar-refractivity contribution in [3.05, 3.63) is 60.2 Å². The van der Waals surface area contributed by atoms with Crippen molar-refractivity contribution in [3.8, 4) is 0 Å². The molecule has 2 amide bonds. The SMILES string of the molecule is O=C(NCCCc1ccccc1)Nc1ccc(N2CCCCC2)cc1. The van der Waals surface area contributed by atoms with Crippen LogP contribution in [0.4, 0.5) is 16.2 Å². The Bertz CT molecular complexity index is 649. The number of hydrogen-bond donors (Lipinski definition) is 2. The normalized spacial score (nSPS) is 14.2. The Morgan fingerprint density at radius 3 is 2.36 bits per heavy atom. The third-order valence-electron chi connectivity index (χ3n) is 4.62. The van der Waals surface area contributed by atoms with E-state index in [0.717, 1.165) is 31.6 Å². The summed E-state index contributed by atoms with van der Waals surface area (Å²) in [6, 6.07) is 18.3. The summed E-state index contributed by atoms with van der Waals surface area (Å²) in [6.07, 6.45) is 5.79. The molecular weight excluding hydrogens is 310 g/mol. The minimum absolute atomic E-state index is 0.140.